The number of hydrogen-bond acceptors (Lipinski definition) is 2. The van der Waals surface area contributed by atoms with Crippen LogP contribution in [0.15, 0.2) is 0 Å². The Balaban J connectivity index is 2.36. The van der Waals surface area contributed by atoms with Gasteiger partial charge in [-0.3, -0.25) is 0 Å². The molecule has 2 nitrogen and oxygen atoms in total. The second-order valence-electron chi connectivity index (χ2n) is 4.64. The smallest absolute Gasteiger partial charge is 0.000844 e. The number of hydrogen-bond donors (Lipinski definition) is 2. The summed E-state index contributed by atoms with van der Waals surface area (Å²) in [5, 5.41) is 0. The van der Waals surface area contributed by atoms with Crippen LogP contribution in [0.5, 0.6) is 0 Å². The Bertz CT molecular complexity index is 131. The van der Waals surface area contributed by atoms with E-state index in [1.807, 2.05) is 0 Å². The van der Waals surface area contributed by atoms with E-state index < -0.39 is 0 Å². The van der Waals surface area contributed by atoms with E-state index in [0.717, 1.165) is 19.0 Å². The Morgan fingerprint density at radius 2 is 1.69 bits per heavy atom. The Labute approximate surface area is 82.1 Å². The van der Waals surface area contributed by atoms with Gasteiger partial charge in [-0.2, -0.15) is 0 Å². The van der Waals surface area contributed by atoms with E-state index in [2.05, 4.69) is 6.92 Å². The number of rotatable bonds is 4. The third-order valence-electron chi connectivity index (χ3n) is 3.73. The van der Waals surface area contributed by atoms with Crippen LogP contribution in [0.4, 0.5) is 0 Å². The topological polar surface area (TPSA) is 52.0 Å². The van der Waals surface area contributed by atoms with Crippen molar-refractivity contribution < 1.29 is 0 Å². The first-order chi connectivity index (χ1) is 6.26. The van der Waals surface area contributed by atoms with Gasteiger partial charge in [-0.25, -0.2) is 0 Å². The summed E-state index contributed by atoms with van der Waals surface area (Å²) in [5.41, 5.74) is 11.9. The minimum Gasteiger partial charge on any atom is -0.330 e. The Morgan fingerprint density at radius 3 is 2.08 bits per heavy atom. The molecule has 0 radical (unpaired) electrons. The summed E-state index contributed by atoms with van der Waals surface area (Å²) in [4.78, 5) is 0. The highest BCUT2D eigenvalue weighted by Gasteiger charge is 2.32. The first kappa shape index (κ1) is 11.0. The summed E-state index contributed by atoms with van der Waals surface area (Å²) in [6, 6.07) is 0. The Kier molecular flexibility index (Phi) is 4.20. The van der Waals surface area contributed by atoms with Gasteiger partial charge >= 0.3 is 0 Å². The predicted octanol–water partition coefficient (Wildman–Crippen LogP) is 1.88. The van der Waals surface area contributed by atoms with Crippen molar-refractivity contribution in [1.82, 2.24) is 0 Å². The maximum Gasteiger partial charge on any atom is -0.000844 e. The van der Waals surface area contributed by atoms with Gasteiger partial charge in [0.25, 0.3) is 0 Å². The lowest BCUT2D eigenvalue weighted by atomic mass is 9.69. The molecule has 4 N–H and O–H groups in total. The summed E-state index contributed by atoms with van der Waals surface area (Å²) >= 11 is 0. The fourth-order valence-electron chi connectivity index (χ4n) is 2.48. The fourth-order valence-corrected chi connectivity index (χ4v) is 2.48. The number of nitrogens with two attached hydrogens (primary N) is 2. The molecule has 0 atom stereocenters. The molecule has 0 aliphatic heterocycles. The molecule has 0 spiro atoms. The summed E-state index contributed by atoms with van der Waals surface area (Å²) in [6.07, 6.45) is 7.92. The molecule has 1 rings (SSSR count). The molecule has 2 heteroatoms. The average Bonchev–Trinajstić information content (AvgIpc) is 2.20. The summed E-state index contributed by atoms with van der Waals surface area (Å²) in [5.74, 6) is 0.955. The lowest BCUT2D eigenvalue weighted by molar-refractivity contribution is 0.159. The highest BCUT2D eigenvalue weighted by Crippen LogP contribution is 2.38. The lowest BCUT2D eigenvalue weighted by Gasteiger charge is -2.38. The van der Waals surface area contributed by atoms with E-state index in [4.69, 9.17) is 11.5 Å². The van der Waals surface area contributed by atoms with Crippen molar-refractivity contribution in [1.29, 1.82) is 0 Å². The van der Waals surface area contributed by atoms with Crippen LogP contribution in [-0.2, 0) is 0 Å². The quantitative estimate of drug-likeness (QED) is 0.701. The first-order valence-electron chi connectivity index (χ1n) is 5.66. The van der Waals surface area contributed by atoms with Crippen molar-refractivity contribution in [2.75, 3.05) is 13.1 Å². The molecular weight excluding hydrogens is 160 g/mol. The van der Waals surface area contributed by atoms with Crippen LogP contribution in [0, 0.1) is 11.3 Å². The van der Waals surface area contributed by atoms with E-state index in [1.54, 1.807) is 0 Å². The van der Waals surface area contributed by atoms with Gasteiger partial charge in [0.1, 0.15) is 0 Å². The molecule has 0 aromatic rings. The molecule has 0 amide bonds. The fraction of sp³-hybridized carbons (Fsp3) is 1.00. The minimum absolute atomic E-state index is 0.296. The van der Waals surface area contributed by atoms with Crippen LogP contribution in [0.1, 0.15) is 45.4 Å². The second-order valence-corrected chi connectivity index (χ2v) is 4.64. The third-order valence-corrected chi connectivity index (χ3v) is 3.73. The van der Waals surface area contributed by atoms with Crippen LogP contribution in [0.25, 0.3) is 0 Å². The van der Waals surface area contributed by atoms with Crippen molar-refractivity contribution in [2.24, 2.45) is 22.8 Å². The van der Waals surface area contributed by atoms with Gasteiger partial charge in [0.05, 0.1) is 0 Å². The van der Waals surface area contributed by atoms with Gasteiger partial charge in [-0.15, -0.1) is 0 Å². The van der Waals surface area contributed by atoms with Crippen molar-refractivity contribution in [3.05, 3.63) is 0 Å². The van der Waals surface area contributed by atoms with Gasteiger partial charge < -0.3 is 11.5 Å². The Morgan fingerprint density at radius 1 is 1.15 bits per heavy atom. The van der Waals surface area contributed by atoms with Crippen molar-refractivity contribution in [3.63, 3.8) is 0 Å². The van der Waals surface area contributed by atoms with Gasteiger partial charge in [-0.05, 0) is 50.1 Å². The highest BCUT2D eigenvalue weighted by molar-refractivity contribution is 4.87. The molecule has 0 bridgehead atoms. The molecule has 1 saturated carbocycles. The highest BCUT2D eigenvalue weighted by atomic mass is 14.7. The van der Waals surface area contributed by atoms with Crippen molar-refractivity contribution in [3.8, 4) is 0 Å². The van der Waals surface area contributed by atoms with Crippen molar-refractivity contribution >= 4 is 0 Å². The first-order valence-corrected chi connectivity index (χ1v) is 5.66. The molecule has 78 valence electrons. The van der Waals surface area contributed by atoms with Crippen LogP contribution in [-0.4, -0.2) is 13.1 Å². The predicted molar refractivity (Wildman–Crippen MR) is 57.4 cm³/mol. The zero-order valence-electron chi connectivity index (χ0n) is 8.89. The molecule has 13 heavy (non-hydrogen) atoms. The van der Waals surface area contributed by atoms with E-state index in [1.165, 1.54) is 38.5 Å². The largest absolute Gasteiger partial charge is 0.330 e. The van der Waals surface area contributed by atoms with Gasteiger partial charge in [0.15, 0.2) is 0 Å². The van der Waals surface area contributed by atoms with E-state index in [0.29, 0.717) is 5.41 Å². The van der Waals surface area contributed by atoms with E-state index >= 15 is 0 Å². The normalized spacial score (nSPS) is 23.3. The van der Waals surface area contributed by atoms with Gasteiger partial charge in [-0.1, -0.05) is 19.8 Å². The summed E-state index contributed by atoms with van der Waals surface area (Å²) in [6.45, 7) is 3.83. The molecule has 0 heterocycles. The maximum absolute atomic E-state index is 5.79. The third kappa shape index (κ3) is 2.68. The van der Waals surface area contributed by atoms with Crippen molar-refractivity contribution in [2.45, 2.75) is 45.4 Å². The molecular formula is C11H24N2. The molecule has 1 aliphatic carbocycles. The average molecular weight is 184 g/mol. The summed E-state index contributed by atoms with van der Waals surface area (Å²) < 4.78 is 0. The van der Waals surface area contributed by atoms with E-state index in [9.17, 15) is 0 Å². The monoisotopic (exact) mass is 184 g/mol. The van der Waals surface area contributed by atoms with Crippen LogP contribution in [0.2, 0.25) is 0 Å². The molecule has 1 aliphatic rings. The molecule has 1 fully saturated rings. The SMILES string of the molecule is CCCC1CCC(CN)(CN)CC1. The molecule has 0 aromatic carbocycles. The van der Waals surface area contributed by atoms with Gasteiger partial charge in [0, 0.05) is 0 Å². The van der Waals surface area contributed by atoms with Gasteiger partial charge in [0.2, 0.25) is 0 Å². The Hall–Kier alpha value is -0.0800. The van der Waals surface area contributed by atoms with Crippen LogP contribution in [0.3, 0.4) is 0 Å². The second kappa shape index (κ2) is 4.97. The standard InChI is InChI=1S/C11H24N2/c1-2-3-10-4-6-11(8-12,9-13)7-5-10/h10H,2-9,12-13H2,1H3. The minimum atomic E-state index is 0.296. The van der Waals surface area contributed by atoms with E-state index in [-0.39, 0.29) is 0 Å². The molecule has 0 unspecified atom stereocenters. The lowest BCUT2D eigenvalue weighted by Crippen LogP contribution is -2.41. The zero-order chi connectivity index (χ0) is 9.73. The van der Waals surface area contributed by atoms with Crippen LogP contribution < -0.4 is 11.5 Å². The summed E-state index contributed by atoms with van der Waals surface area (Å²) in [7, 11) is 0. The van der Waals surface area contributed by atoms with Crippen LogP contribution >= 0.6 is 0 Å². The molecule has 0 aromatic heterocycles. The molecule has 0 saturated heterocycles. The zero-order valence-corrected chi connectivity index (χ0v) is 8.89. The maximum atomic E-state index is 5.79.